The molecule has 0 radical (unpaired) electrons. The third kappa shape index (κ3) is 2.30. The minimum atomic E-state index is 0.855. The first kappa shape index (κ1) is 10.1. The molecule has 0 spiro atoms. The SMILES string of the molecule is C=Cc1ccnc(-c2cc(Br)ccn2)c1. The molecule has 0 aliphatic rings. The molecule has 0 aliphatic heterocycles. The molecule has 0 saturated carbocycles. The van der Waals surface area contributed by atoms with E-state index in [1.807, 2.05) is 24.3 Å². The summed E-state index contributed by atoms with van der Waals surface area (Å²) in [5.41, 5.74) is 2.75. The number of halogens is 1. The summed E-state index contributed by atoms with van der Waals surface area (Å²) in [6.07, 6.45) is 5.31. The highest BCUT2D eigenvalue weighted by atomic mass is 79.9. The Balaban J connectivity index is 2.49. The van der Waals surface area contributed by atoms with E-state index in [0.717, 1.165) is 21.4 Å². The fourth-order valence-corrected chi connectivity index (χ4v) is 1.59. The molecular weight excluding hydrogens is 252 g/mol. The first-order valence-electron chi connectivity index (χ1n) is 4.50. The quantitative estimate of drug-likeness (QED) is 0.826. The topological polar surface area (TPSA) is 25.8 Å². The Bertz CT molecular complexity index is 494. The zero-order valence-corrected chi connectivity index (χ0v) is 9.61. The number of rotatable bonds is 2. The molecule has 2 heterocycles. The fourth-order valence-electron chi connectivity index (χ4n) is 1.26. The van der Waals surface area contributed by atoms with Crippen molar-refractivity contribution in [2.45, 2.75) is 0 Å². The van der Waals surface area contributed by atoms with Crippen LogP contribution in [0.25, 0.3) is 17.5 Å². The zero-order valence-electron chi connectivity index (χ0n) is 8.02. The molecule has 3 heteroatoms. The van der Waals surface area contributed by atoms with Crippen LogP contribution in [0, 0.1) is 0 Å². The van der Waals surface area contributed by atoms with Gasteiger partial charge >= 0.3 is 0 Å². The summed E-state index contributed by atoms with van der Waals surface area (Å²) in [4.78, 5) is 8.53. The second kappa shape index (κ2) is 4.36. The summed E-state index contributed by atoms with van der Waals surface area (Å²) in [5.74, 6) is 0. The van der Waals surface area contributed by atoms with E-state index in [9.17, 15) is 0 Å². The van der Waals surface area contributed by atoms with Crippen LogP contribution < -0.4 is 0 Å². The molecular formula is C12H9BrN2. The number of hydrogen-bond acceptors (Lipinski definition) is 2. The first-order chi connectivity index (χ1) is 7.29. The fraction of sp³-hybridized carbons (Fsp3) is 0. The van der Waals surface area contributed by atoms with Crippen molar-refractivity contribution < 1.29 is 0 Å². The lowest BCUT2D eigenvalue weighted by Crippen LogP contribution is -1.87. The first-order valence-corrected chi connectivity index (χ1v) is 5.29. The smallest absolute Gasteiger partial charge is 0.0897 e. The van der Waals surface area contributed by atoms with Gasteiger partial charge in [0.15, 0.2) is 0 Å². The highest BCUT2D eigenvalue weighted by Gasteiger charge is 2.01. The molecule has 0 aromatic carbocycles. The molecule has 0 amide bonds. The van der Waals surface area contributed by atoms with Crippen LogP contribution in [0.5, 0.6) is 0 Å². The Labute approximate surface area is 96.8 Å². The van der Waals surface area contributed by atoms with Crippen molar-refractivity contribution in [3.05, 3.63) is 53.3 Å². The molecule has 74 valence electrons. The van der Waals surface area contributed by atoms with Gasteiger partial charge in [-0.25, -0.2) is 0 Å². The monoisotopic (exact) mass is 260 g/mol. The predicted octanol–water partition coefficient (Wildman–Crippen LogP) is 3.55. The highest BCUT2D eigenvalue weighted by molar-refractivity contribution is 9.10. The lowest BCUT2D eigenvalue weighted by molar-refractivity contribution is 1.24. The Morgan fingerprint density at radius 3 is 2.40 bits per heavy atom. The van der Waals surface area contributed by atoms with Crippen LogP contribution in [0.2, 0.25) is 0 Å². The number of nitrogens with zero attached hydrogens (tertiary/aromatic N) is 2. The molecule has 15 heavy (non-hydrogen) atoms. The highest BCUT2D eigenvalue weighted by Crippen LogP contribution is 2.19. The summed E-state index contributed by atoms with van der Waals surface area (Å²) in [5, 5.41) is 0. The van der Waals surface area contributed by atoms with Crippen LogP contribution in [0.3, 0.4) is 0 Å². The Morgan fingerprint density at radius 1 is 1.07 bits per heavy atom. The van der Waals surface area contributed by atoms with Gasteiger partial charge in [0.05, 0.1) is 11.4 Å². The van der Waals surface area contributed by atoms with Crippen LogP contribution in [0.1, 0.15) is 5.56 Å². The maximum atomic E-state index is 4.27. The molecule has 0 atom stereocenters. The minimum absolute atomic E-state index is 0.855. The summed E-state index contributed by atoms with van der Waals surface area (Å²) in [7, 11) is 0. The maximum Gasteiger partial charge on any atom is 0.0897 e. The van der Waals surface area contributed by atoms with Crippen LogP contribution in [0.15, 0.2) is 47.7 Å². The van der Waals surface area contributed by atoms with E-state index in [4.69, 9.17) is 0 Å². The molecule has 0 N–H and O–H groups in total. The Morgan fingerprint density at radius 2 is 1.73 bits per heavy atom. The van der Waals surface area contributed by atoms with Gasteiger partial charge in [0.2, 0.25) is 0 Å². The summed E-state index contributed by atoms with van der Waals surface area (Å²) >= 11 is 3.41. The van der Waals surface area contributed by atoms with Gasteiger partial charge in [-0.1, -0.05) is 28.6 Å². The molecule has 0 aliphatic carbocycles. The van der Waals surface area contributed by atoms with Crippen molar-refractivity contribution in [3.63, 3.8) is 0 Å². The van der Waals surface area contributed by atoms with E-state index < -0.39 is 0 Å². The van der Waals surface area contributed by atoms with Gasteiger partial charge in [0.25, 0.3) is 0 Å². The lowest BCUT2D eigenvalue weighted by Gasteiger charge is -2.01. The number of pyridine rings is 2. The zero-order chi connectivity index (χ0) is 10.7. The molecule has 0 unspecified atom stereocenters. The van der Waals surface area contributed by atoms with Crippen LogP contribution in [-0.2, 0) is 0 Å². The molecule has 2 nitrogen and oxygen atoms in total. The normalized spacial score (nSPS) is 9.93. The van der Waals surface area contributed by atoms with E-state index in [1.54, 1.807) is 18.5 Å². The van der Waals surface area contributed by atoms with Crippen LogP contribution in [-0.4, -0.2) is 9.97 Å². The standard InChI is InChI=1S/C12H9BrN2/c1-2-9-3-5-14-11(7-9)12-8-10(13)4-6-15-12/h2-8H,1H2. The molecule has 2 rings (SSSR count). The van der Waals surface area contributed by atoms with Gasteiger partial charge in [-0.05, 0) is 29.8 Å². The molecule has 0 bridgehead atoms. The third-order valence-corrected chi connectivity index (χ3v) is 2.50. The van der Waals surface area contributed by atoms with E-state index in [0.29, 0.717) is 0 Å². The Kier molecular flexibility index (Phi) is 2.92. The van der Waals surface area contributed by atoms with Gasteiger partial charge in [0, 0.05) is 16.9 Å². The van der Waals surface area contributed by atoms with Crippen molar-refractivity contribution in [1.29, 1.82) is 0 Å². The van der Waals surface area contributed by atoms with Crippen LogP contribution >= 0.6 is 15.9 Å². The van der Waals surface area contributed by atoms with Crippen molar-refractivity contribution in [2.75, 3.05) is 0 Å². The second-order valence-electron chi connectivity index (χ2n) is 3.04. The van der Waals surface area contributed by atoms with Crippen molar-refractivity contribution in [3.8, 4) is 11.4 Å². The maximum absolute atomic E-state index is 4.27. The molecule has 2 aromatic heterocycles. The van der Waals surface area contributed by atoms with Gasteiger partial charge in [-0.2, -0.15) is 0 Å². The summed E-state index contributed by atoms with van der Waals surface area (Å²) in [6, 6.07) is 7.70. The minimum Gasteiger partial charge on any atom is -0.255 e. The van der Waals surface area contributed by atoms with Gasteiger partial charge in [0.1, 0.15) is 0 Å². The lowest BCUT2D eigenvalue weighted by atomic mass is 10.2. The number of hydrogen-bond donors (Lipinski definition) is 0. The van der Waals surface area contributed by atoms with E-state index >= 15 is 0 Å². The largest absolute Gasteiger partial charge is 0.255 e. The van der Waals surface area contributed by atoms with Crippen molar-refractivity contribution >= 4 is 22.0 Å². The number of aromatic nitrogens is 2. The van der Waals surface area contributed by atoms with Gasteiger partial charge in [-0.15, -0.1) is 0 Å². The van der Waals surface area contributed by atoms with Crippen molar-refractivity contribution in [2.24, 2.45) is 0 Å². The second-order valence-corrected chi connectivity index (χ2v) is 3.95. The predicted molar refractivity (Wildman–Crippen MR) is 65.3 cm³/mol. The average molecular weight is 261 g/mol. The average Bonchev–Trinajstić information content (AvgIpc) is 2.29. The van der Waals surface area contributed by atoms with Crippen LogP contribution in [0.4, 0.5) is 0 Å². The van der Waals surface area contributed by atoms with Crippen molar-refractivity contribution in [1.82, 2.24) is 9.97 Å². The van der Waals surface area contributed by atoms with Gasteiger partial charge in [-0.3, -0.25) is 9.97 Å². The van der Waals surface area contributed by atoms with E-state index in [1.165, 1.54) is 0 Å². The third-order valence-electron chi connectivity index (χ3n) is 2.00. The molecule has 0 fully saturated rings. The molecule has 0 saturated heterocycles. The Hall–Kier alpha value is -1.48. The molecule has 2 aromatic rings. The van der Waals surface area contributed by atoms with E-state index in [-0.39, 0.29) is 0 Å². The summed E-state index contributed by atoms with van der Waals surface area (Å²) in [6.45, 7) is 3.73. The summed E-state index contributed by atoms with van der Waals surface area (Å²) < 4.78 is 0.998. The van der Waals surface area contributed by atoms with E-state index in [2.05, 4.69) is 32.5 Å². The van der Waals surface area contributed by atoms with Gasteiger partial charge < -0.3 is 0 Å².